The largest absolute Gasteiger partial charge is 0.497 e. The van der Waals surface area contributed by atoms with Gasteiger partial charge in [0.2, 0.25) is 5.95 Å². The zero-order valence-corrected chi connectivity index (χ0v) is 20.4. The van der Waals surface area contributed by atoms with Crippen LogP contribution in [-0.4, -0.2) is 50.1 Å². The van der Waals surface area contributed by atoms with Gasteiger partial charge in [-0.2, -0.15) is 9.98 Å². The maximum absolute atomic E-state index is 13.8. The molecule has 0 N–H and O–H groups in total. The van der Waals surface area contributed by atoms with Gasteiger partial charge in [0.25, 0.3) is 5.56 Å². The van der Waals surface area contributed by atoms with Gasteiger partial charge in [-0.25, -0.2) is 4.79 Å². The fraction of sp³-hybridized carbons (Fsp3) is 0.538. The molecule has 0 spiro atoms. The van der Waals surface area contributed by atoms with Crippen molar-refractivity contribution in [1.82, 2.24) is 23.6 Å². The topological polar surface area (TPSA) is 86.7 Å². The number of rotatable bonds is 8. The number of nitrogens with zero attached hydrogens (tertiary/aromatic N) is 6. The summed E-state index contributed by atoms with van der Waals surface area (Å²) in [7, 11) is 3.68. The molecule has 3 fully saturated rings. The van der Waals surface area contributed by atoms with Gasteiger partial charge in [0.05, 0.1) is 13.7 Å². The molecule has 9 heteroatoms. The highest BCUT2D eigenvalue weighted by molar-refractivity contribution is 5.86. The summed E-state index contributed by atoms with van der Waals surface area (Å²) in [5.41, 5.74) is 1.47. The highest BCUT2D eigenvalue weighted by Crippen LogP contribution is 2.32. The predicted octanol–water partition coefficient (Wildman–Crippen LogP) is 2.99. The lowest BCUT2D eigenvalue weighted by molar-refractivity contribution is 0.414. The predicted molar refractivity (Wildman–Crippen MR) is 135 cm³/mol. The van der Waals surface area contributed by atoms with Crippen molar-refractivity contribution in [3.05, 3.63) is 50.7 Å². The molecule has 3 aliphatic rings. The van der Waals surface area contributed by atoms with Crippen LogP contribution in [-0.2, 0) is 19.6 Å². The van der Waals surface area contributed by atoms with Gasteiger partial charge in [-0.3, -0.25) is 18.5 Å². The molecular weight excluding hydrogens is 444 g/mol. The van der Waals surface area contributed by atoms with Crippen molar-refractivity contribution in [3.8, 4) is 5.75 Å². The molecular formula is C26H32N6O3. The van der Waals surface area contributed by atoms with E-state index >= 15 is 0 Å². The summed E-state index contributed by atoms with van der Waals surface area (Å²) in [5.74, 6) is 3.13. The second-order valence-corrected chi connectivity index (χ2v) is 10.3. The number of imidazole rings is 1. The number of hydrogen-bond acceptors (Lipinski definition) is 5. The minimum Gasteiger partial charge on any atom is -0.497 e. The van der Waals surface area contributed by atoms with Crippen LogP contribution in [0.2, 0.25) is 0 Å². The van der Waals surface area contributed by atoms with E-state index in [9.17, 15) is 9.59 Å². The number of aliphatic imine (C=N–C) groups is 1. The Balaban J connectivity index is 1.56. The van der Waals surface area contributed by atoms with Gasteiger partial charge >= 0.3 is 5.69 Å². The van der Waals surface area contributed by atoms with Crippen molar-refractivity contribution in [2.24, 2.45) is 16.8 Å². The molecule has 0 amide bonds. The molecule has 6 rings (SSSR count). The third-order valence-corrected chi connectivity index (χ3v) is 7.43. The van der Waals surface area contributed by atoms with E-state index < -0.39 is 0 Å². The first-order valence-corrected chi connectivity index (χ1v) is 12.7. The summed E-state index contributed by atoms with van der Waals surface area (Å²) in [6.45, 7) is 2.49. The van der Waals surface area contributed by atoms with E-state index in [2.05, 4.69) is 4.90 Å². The summed E-state index contributed by atoms with van der Waals surface area (Å²) in [6.07, 6.45) is 6.30. The lowest BCUT2D eigenvalue weighted by Crippen LogP contribution is -2.41. The Kier molecular flexibility index (Phi) is 5.50. The number of benzene rings is 1. The van der Waals surface area contributed by atoms with Crippen molar-refractivity contribution < 1.29 is 4.74 Å². The van der Waals surface area contributed by atoms with E-state index in [0.717, 1.165) is 62.2 Å². The summed E-state index contributed by atoms with van der Waals surface area (Å²) in [5, 5.41) is 0. The Bertz CT molecular complexity index is 1410. The Morgan fingerprint density at radius 3 is 2.29 bits per heavy atom. The summed E-state index contributed by atoms with van der Waals surface area (Å²) >= 11 is 0. The molecule has 2 aromatic heterocycles. The van der Waals surface area contributed by atoms with Gasteiger partial charge < -0.3 is 9.64 Å². The molecule has 0 unspecified atom stereocenters. The molecule has 184 valence electrons. The fourth-order valence-electron chi connectivity index (χ4n) is 4.92. The van der Waals surface area contributed by atoms with Crippen LogP contribution in [0, 0.1) is 11.8 Å². The van der Waals surface area contributed by atoms with Crippen molar-refractivity contribution in [2.45, 2.75) is 58.2 Å². The number of amidine groups is 1. The molecule has 1 aliphatic heterocycles. The smallest absolute Gasteiger partial charge is 0.332 e. The first-order chi connectivity index (χ1) is 17.0. The van der Waals surface area contributed by atoms with Crippen LogP contribution in [0.4, 0.5) is 5.95 Å². The first kappa shape index (κ1) is 22.1. The highest BCUT2D eigenvalue weighted by atomic mass is 16.5. The van der Waals surface area contributed by atoms with Crippen LogP contribution in [0.15, 0.2) is 38.8 Å². The summed E-state index contributed by atoms with van der Waals surface area (Å²) in [4.78, 5) is 39.2. The second-order valence-electron chi connectivity index (χ2n) is 10.3. The van der Waals surface area contributed by atoms with Gasteiger partial charge in [-0.1, -0.05) is 12.1 Å². The van der Waals surface area contributed by atoms with Crippen LogP contribution in [0.1, 0.15) is 44.1 Å². The molecule has 3 heterocycles. The maximum Gasteiger partial charge on any atom is 0.332 e. The third-order valence-electron chi connectivity index (χ3n) is 7.43. The number of hydrogen-bond donors (Lipinski definition) is 0. The van der Waals surface area contributed by atoms with E-state index in [-0.39, 0.29) is 11.2 Å². The average molecular weight is 477 g/mol. The lowest BCUT2D eigenvalue weighted by Gasteiger charge is -2.13. The summed E-state index contributed by atoms with van der Waals surface area (Å²) in [6, 6.07) is 7.82. The van der Waals surface area contributed by atoms with Crippen LogP contribution in [0.3, 0.4) is 0 Å². The Morgan fingerprint density at radius 2 is 1.69 bits per heavy atom. The molecule has 0 atom stereocenters. The molecule has 9 nitrogen and oxygen atoms in total. The zero-order chi connectivity index (χ0) is 24.1. The Labute approximate surface area is 203 Å². The van der Waals surface area contributed by atoms with Crippen LogP contribution >= 0.6 is 0 Å². The first-order valence-electron chi connectivity index (χ1n) is 12.7. The van der Waals surface area contributed by atoms with Gasteiger partial charge in [-0.15, -0.1) is 0 Å². The SMILES string of the molecule is COc1ccc(Cn2c(/N=C3/CCCN3C)nc3c2c(=O)n(CC2CC2)c(=O)n3CC2CC2)cc1. The molecule has 2 saturated carbocycles. The number of ether oxygens (including phenoxy) is 1. The van der Waals surface area contributed by atoms with Crippen molar-refractivity contribution in [1.29, 1.82) is 0 Å². The monoisotopic (exact) mass is 476 g/mol. The van der Waals surface area contributed by atoms with Gasteiger partial charge in [0.15, 0.2) is 11.2 Å². The van der Waals surface area contributed by atoms with E-state index in [1.54, 1.807) is 11.7 Å². The summed E-state index contributed by atoms with van der Waals surface area (Å²) < 4.78 is 10.4. The second kappa shape index (κ2) is 8.70. The lowest BCUT2D eigenvalue weighted by atomic mass is 10.2. The van der Waals surface area contributed by atoms with E-state index in [1.165, 1.54) is 4.57 Å². The molecule has 35 heavy (non-hydrogen) atoms. The molecule has 1 saturated heterocycles. The number of likely N-dealkylation sites (tertiary alicyclic amines) is 1. The van der Waals surface area contributed by atoms with Crippen LogP contribution in [0.25, 0.3) is 11.2 Å². The van der Waals surface area contributed by atoms with Crippen LogP contribution < -0.4 is 16.0 Å². The maximum atomic E-state index is 13.8. The molecule has 0 radical (unpaired) electrons. The minimum absolute atomic E-state index is 0.229. The van der Waals surface area contributed by atoms with Gasteiger partial charge in [-0.05, 0) is 61.6 Å². The fourth-order valence-corrected chi connectivity index (χ4v) is 4.92. The molecule has 0 bridgehead atoms. The van der Waals surface area contributed by atoms with Crippen molar-refractivity contribution in [2.75, 3.05) is 20.7 Å². The number of aromatic nitrogens is 4. The van der Waals surface area contributed by atoms with Gasteiger partial charge in [0.1, 0.15) is 11.6 Å². The van der Waals surface area contributed by atoms with Crippen molar-refractivity contribution in [3.63, 3.8) is 0 Å². The van der Waals surface area contributed by atoms with Gasteiger partial charge in [0, 0.05) is 33.1 Å². The Morgan fingerprint density at radius 1 is 1.00 bits per heavy atom. The normalized spacial score (nSPS) is 19.3. The standard InChI is InChI=1S/C26H32N6O3/c1-29-13-3-4-21(29)27-25-28-23-22(30(25)14-19-9-11-20(35-2)12-10-19)24(33)32(16-18-7-8-18)26(34)31(23)15-17-5-6-17/h9-12,17-18H,3-8,13-16H2,1-2H3/b27-21-. The highest BCUT2D eigenvalue weighted by Gasteiger charge is 2.30. The van der Waals surface area contributed by atoms with Crippen molar-refractivity contribution >= 4 is 22.9 Å². The van der Waals surface area contributed by atoms with E-state index in [1.807, 2.05) is 35.9 Å². The van der Waals surface area contributed by atoms with Crippen LogP contribution in [0.5, 0.6) is 5.75 Å². The molecule has 1 aromatic carbocycles. The minimum atomic E-state index is -0.254. The van der Waals surface area contributed by atoms with E-state index in [0.29, 0.717) is 48.6 Å². The zero-order valence-electron chi connectivity index (χ0n) is 20.4. The number of fused-ring (bicyclic) bond motifs is 1. The average Bonchev–Trinajstić information content (AvgIpc) is 3.78. The quantitative estimate of drug-likeness (QED) is 0.499. The number of methoxy groups -OCH3 is 1. The molecule has 3 aromatic rings. The Hall–Kier alpha value is -3.36. The van der Waals surface area contributed by atoms with E-state index in [4.69, 9.17) is 14.7 Å². The molecule has 2 aliphatic carbocycles. The third kappa shape index (κ3) is 4.28.